The molecule has 0 aliphatic carbocycles. The van der Waals surface area contributed by atoms with E-state index in [1.807, 2.05) is 30.9 Å². The number of hydrogen-bond acceptors (Lipinski definition) is 3. The third-order valence-electron chi connectivity index (χ3n) is 5.70. The van der Waals surface area contributed by atoms with Crippen molar-refractivity contribution in [1.29, 1.82) is 0 Å². The SMILES string of the molecule is CCNC(=O)N1CCN(CC(=O)c2cc(C)n(CCc3ccccc3)c2C)CC1. The van der Waals surface area contributed by atoms with E-state index in [0.29, 0.717) is 26.2 Å². The Morgan fingerprint density at radius 1 is 1.03 bits per heavy atom. The molecule has 2 amide bonds. The Hall–Kier alpha value is -2.60. The molecule has 0 radical (unpaired) electrons. The number of carbonyl (C=O) groups excluding carboxylic acids is 2. The van der Waals surface area contributed by atoms with Crippen LogP contribution in [0.5, 0.6) is 0 Å². The second-order valence-corrected chi connectivity index (χ2v) is 7.69. The first kappa shape index (κ1) is 21.1. The molecule has 2 aromatic rings. The summed E-state index contributed by atoms with van der Waals surface area (Å²) in [6.07, 6.45) is 0.951. The smallest absolute Gasteiger partial charge is 0.317 e. The lowest BCUT2D eigenvalue weighted by Gasteiger charge is -2.34. The Kier molecular flexibility index (Phi) is 7.09. The highest BCUT2D eigenvalue weighted by Gasteiger charge is 2.24. The van der Waals surface area contributed by atoms with Gasteiger partial charge in [0.25, 0.3) is 0 Å². The van der Waals surface area contributed by atoms with Gasteiger partial charge in [-0.05, 0) is 38.8 Å². The molecule has 1 N–H and O–H groups in total. The number of Topliss-reactive ketones (excluding diaryl/α,β-unsaturated/α-hetero) is 1. The zero-order chi connectivity index (χ0) is 20.8. The number of ketones is 1. The fourth-order valence-electron chi connectivity index (χ4n) is 3.97. The van der Waals surface area contributed by atoms with E-state index in [1.54, 1.807) is 0 Å². The number of nitrogens with one attached hydrogen (secondary N) is 1. The number of nitrogens with zero attached hydrogens (tertiary/aromatic N) is 3. The summed E-state index contributed by atoms with van der Waals surface area (Å²) in [6, 6.07) is 12.4. The monoisotopic (exact) mass is 396 g/mol. The van der Waals surface area contributed by atoms with Crippen LogP contribution in [-0.2, 0) is 13.0 Å². The van der Waals surface area contributed by atoms with Crippen molar-refractivity contribution in [3.05, 3.63) is 58.9 Å². The van der Waals surface area contributed by atoms with Gasteiger partial charge in [0.05, 0.1) is 6.54 Å². The van der Waals surface area contributed by atoms with Crippen LogP contribution in [0.2, 0.25) is 0 Å². The van der Waals surface area contributed by atoms with Crippen LogP contribution < -0.4 is 5.32 Å². The first-order chi connectivity index (χ1) is 14.0. The standard InChI is InChI=1S/C23H32N4O2/c1-4-24-23(29)26-14-12-25(13-15-26)17-22(28)21-16-18(2)27(19(21)3)11-10-20-8-6-5-7-9-20/h5-9,16H,4,10-15,17H2,1-3H3,(H,24,29). The average Bonchev–Trinajstić information content (AvgIpc) is 3.01. The summed E-state index contributed by atoms with van der Waals surface area (Å²) in [5, 5.41) is 2.84. The molecule has 1 aliphatic heterocycles. The van der Waals surface area contributed by atoms with E-state index in [-0.39, 0.29) is 11.8 Å². The molecule has 1 aromatic carbocycles. The molecule has 0 spiro atoms. The zero-order valence-electron chi connectivity index (χ0n) is 17.8. The molecule has 0 saturated carbocycles. The maximum atomic E-state index is 12.9. The minimum absolute atomic E-state index is 0.0135. The Bertz CT molecular complexity index is 836. The lowest BCUT2D eigenvalue weighted by molar-refractivity contribution is 0.0878. The van der Waals surface area contributed by atoms with Gasteiger partial charge in [-0.1, -0.05) is 30.3 Å². The fraction of sp³-hybridized carbons (Fsp3) is 0.478. The normalized spacial score (nSPS) is 14.8. The summed E-state index contributed by atoms with van der Waals surface area (Å²) >= 11 is 0. The van der Waals surface area contributed by atoms with Gasteiger partial charge in [0.2, 0.25) is 0 Å². The Labute approximate surface area is 173 Å². The van der Waals surface area contributed by atoms with Gasteiger partial charge in [-0.25, -0.2) is 4.79 Å². The van der Waals surface area contributed by atoms with Crippen LogP contribution in [0.1, 0.15) is 34.2 Å². The van der Waals surface area contributed by atoms with Gasteiger partial charge in [0, 0.05) is 56.2 Å². The average molecular weight is 397 g/mol. The summed E-state index contributed by atoms with van der Waals surface area (Å²) in [4.78, 5) is 28.8. The molecule has 2 heterocycles. The second kappa shape index (κ2) is 9.74. The fourth-order valence-corrected chi connectivity index (χ4v) is 3.97. The summed E-state index contributed by atoms with van der Waals surface area (Å²) < 4.78 is 2.24. The molecule has 1 saturated heterocycles. The largest absolute Gasteiger partial charge is 0.348 e. The molecule has 1 aromatic heterocycles. The van der Waals surface area contributed by atoms with Crippen molar-refractivity contribution >= 4 is 11.8 Å². The van der Waals surface area contributed by atoms with Crippen molar-refractivity contribution in [1.82, 2.24) is 19.7 Å². The Morgan fingerprint density at radius 3 is 2.38 bits per heavy atom. The zero-order valence-corrected chi connectivity index (χ0v) is 17.8. The first-order valence-electron chi connectivity index (χ1n) is 10.5. The van der Waals surface area contributed by atoms with Crippen molar-refractivity contribution in [3.63, 3.8) is 0 Å². The molecular weight excluding hydrogens is 364 g/mol. The van der Waals surface area contributed by atoms with Gasteiger partial charge in [-0.2, -0.15) is 0 Å². The molecule has 29 heavy (non-hydrogen) atoms. The van der Waals surface area contributed by atoms with Crippen LogP contribution in [-0.4, -0.2) is 65.4 Å². The van der Waals surface area contributed by atoms with Crippen LogP contribution in [0.15, 0.2) is 36.4 Å². The molecular formula is C23H32N4O2. The van der Waals surface area contributed by atoms with Crippen molar-refractivity contribution in [2.45, 2.75) is 33.7 Å². The minimum Gasteiger partial charge on any atom is -0.348 e. The minimum atomic E-state index is -0.0135. The van der Waals surface area contributed by atoms with Crippen molar-refractivity contribution in [3.8, 4) is 0 Å². The number of benzene rings is 1. The first-order valence-corrected chi connectivity index (χ1v) is 10.5. The Balaban J connectivity index is 1.57. The van der Waals surface area contributed by atoms with E-state index < -0.39 is 0 Å². The number of aryl methyl sites for hydroxylation is 2. The summed E-state index contributed by atoms with van der Waals surface area (Å²) in [6.45, 7) is 10.7. The Morgan fingerprint density at radius 2 is 1.72 bits per heavy atom. The molecule has 1 fully saturated rings. The maximum Gasteiger partial charge on any atom is 0.317 e. The summed E-state index contributed by atoms with van der Waals surface area (Å²) in [5.41, 5.74) is 4.30. The van der Waals surface area contributed by atoms with Crippen LogP contribution in [0.3, 0.4) is 0 Å². The van der Waals surface area contributed by atoms with Crippen molar-refractivity contribution < 1.29 is 9.59 Å². The number of urea groups is 1. The predicted octanol–water partition coefficient (Wildman–Crippen LogP) is 2.88. The van der Waals surface area contributed by atoms with E-state index >= 15 is 0 Å². The van der Waals surface area contributed by atoms with Crippen LogP contribution in [0, 0.1) is 13.8 Å². The second-order valence-electron chi connectivity index (χ2n) is 7.69. The number of rotatable bonds is 7. The topological polar surface area (TPSA) is 57.6 Å². The van der Waals surface area contributed by atoms with Crippen LogP contribution in [0.25, 0.3) is 0 Å². The van der Waals surface area contributed by atoms with Gasteiger partial charge in [0.15, 0.2) is 5.78 Å². The number of amides is 2. The van der Waals surface area contributed by atoms with Crippen molar-refractivity contribution in [2.75, 3.05) is 39.3 Å². The number of piperazine rings is 1. The van der Waals surface area contributed by atoms with E-state index in [4.69, 9.17) is 0 Å². The predicted molar refractivity (Wildman–Crippen MR) is 115 cm³/mol. The van der Waals surface area contributed by atoms with Crippen molar-refractivity contribution in [2.24, 2.45) is 0 Å². The van der Waals surface area contributed by atoms with Gasteiger partial charge < -0.3 is 14.8 Å². The highest BCUT2D eigenvalue weighted by molar-refractivity contribution is 5.99. The summed E-state index contributed by atoms with van der Waals surface area (Å²) in [5.74, 6) is 0.163. The molecule has 1 aliphatic rings. The molecule has 6 heteroatoms. The lowest BCUT2D eigenvalue weighted by Crippen LogP contribution is -2.52. The van der Waals surface area contributed by atoms with E-state index in [1.165, 1.54) is 5.56 Å². The molecule has 3 rings (SSSR count). The molecule has 6 nitrogen and oxygen atoms in total. The van der Waals surface area contributed by atoms with Crippen LogP contribution >= 0.6 is 0 Å². The number of carbonyl (C=O) groups is 2. The van der Waals surface area contributed by atoms with E-state index in [0.717, 1.165) is 43.0 Å². The molecule has 0 atom stereocenters. The number of hydrogen-bond donors (Lipinski definition) is 1. The molecule has 0 unspecified atom stereocenters. The quantitative estimate of drug-likeness (QED) is 0.732. The van der Waals surface area contributed by atoms with Gasteiger partial charge in [0.1, 0.15) is 0 Å². The van der Waals surface area contributed by atoms with Gasteiger partial charge in [-0.15, -0.1) is 0 Å². The van der Waals surface area contributed by atoms with Crippen LogP contribution in [0.4, 0.5) is 4.79 Å². The summed E-state index contributed by atoms with van der Waals surface area (Å²) in [7, 11) is 0. The lowest BCUT2D eigenvalue weighted by atomic mass is 10.1. The van der Waals surface area contributed by atoms with E-state index in [9.17, 15) is 9.59 Å². The third kappa shape index (κ3) is 5.26. The van der Waals surface area contributed by atoms with E-state index in [2.05, 4.69) is 46.0 Å². The number of aromatic nitrogens is 1. The third-order valence-corrected chi connectivity index (χ3v) is 5.70. The highest BCUT2D eigenvalue weighted by atomic mass is 16.2. The highest BCUT2D eigenvalue weighted by Crippen LogP contribution is 2.18. The molecule has 156 valence electrons. The molecule has 0 bridgehead atoms. The van der Waals surface area contributed by atoms with Gasteiger partial charge >= 0.3 is 6.03 Å². The van der Waals surface area contributed by atoms with Gasteiger partial charge in [-0.3, -0.25) is 9.69 Å². The maximum absolute atomic E-state index is 12.9.